The normalized spacial score (nSPS) is 15.4. The molecule has 0 saturated carbocycles. The van der Waals surface area contributed by atoms with Crippen molar-refractivity contribution in [2.45, 2.75) is 32.4 Å². The SMILES string of the molecule is CCOC(=O)c1ccc(NC(=O)COC(=O)C2CCC(=O)N2Cc2ccc(Cl)cc2)cc1. The molecule has 0 aromatic heterocycles. The van der Waals surface area contributed by atoms with Crippen LogP contribution in [0.25, 0.3) is 0 Å². The molecular formula is C23H23ClN2O6. The monoisotopic (exact) mass is 458 g/mol. The molecule has 1 aliphatic heterocycles. The van der Waals surface area contributed by atoms with E-state index in [9.17, 15) is 19.2 Å². The average Bonchev–Trinajstić information content (AvgIpc) is 3.14. The number of hydrogen-bond acceptors (Lipinski definition) is 6. The van der Waals surface area contributed by atoms with E-state index in [4.69, 9.17) is 21.1 Å². The molecule has 0 spiro atoms. The molecule has 1 saturated heterocycles. The summed E-state index contributed by atoms with van der Waals surface area (Å²) in [5, 5.41) is 3.17. The van der Waals surface area contributed by atoms with Gasteiger partial charge in [0.25, 0.3) is 5.91 Å². The van der Waals surface area contributed by atoms with Crippen molar-refractivity contribution in [3.8, 4) is 0 Å². The Morgan fingerprint density at radius 2 is 1.75 bits per heavy atom. The Hall–Kier alpha value is -3.39. The van der Waals surface area contributed by atoms with Gasteiger partial charge in [0.05, 0.1) is 12.2 Å². The maximum absolute atomic E-state index is 12.5. The fourth-order valence-electron chi connectivity index (χ4n) is 3.30. The van der Waals surface area contributed by atoms with Gasteiger partial charge in [0.1, 0.15) is 6.04 Å². The first-order chi connectivity index (χ1) is 15.4. The second-order valence-electron chi connectivity index (χ2n) is 7.16. The van der Waals surface area contributed by atoms with E-state index < -0.39 is 30.5 Å². The van der Waals surface area contributed by atoms with E-state index in [1.54, 1.807) is 43.3 Å². The van der Waals surface area contributed by atoms with Gasteiger partial charge in [-0.25, -0.2) is 9.59 Å². The molecule has 1 N–H and O–H groups in total. The third-order valence-electron chi connectivity index (χ3n) is 4.89. The zero-order valence-corrected chi connectivity index (χ0v) is 18.3. The van der Waals surface area contributed by atoms with Gasteiger partial charge in [0, 0.05) is 23.7 Å². The number of halogens is 1. The van der Waals surface area contributed by atoms with Crippen molar-refractivity contribution >= 4 is 41.0 Å². The highest BCUT2D eigenvalue weighted by molar-refractivity contribution is 6.30. The molecule has 168 valence electrons. The van der Waals surface area contributed by atoms with E-state index in [-0.39, 0.29) is 25.5 Å². The highest BCUT2D eigenvalue weighted by atomic mass is 35.5. The van der Waals surface area contributed by atoms with E-state index in [2.05, 4.69) is 5.32 Å². The topological polar surface area (TPSA) is 102 Å². The number of benzene rings is 2. The molecule has 1 aliphatic rings. The molecule has 1 fully saturated rings. The first kappa shape index (κ1) is 23.3. The van der Waals surface area contributed by atoms with Crippen LogP contribution in [-0.4, -0.2) is 47.9 Å². The van der Waals surface area contributed by atoms with Gasteiger partial charge >= 0.3 is 11.9 Å². The summed E-state index contributed by atoms with van der Waals surface area (Å²) in [6, 6.07) is 12.4. The summed E-state index contributed by atoms with van der Waals surface area (Å²) in [4.78, 5) is 50.0. The summed E-state index contributed by atoms with van der Waals surface area (Å²) in [6.07, 6.45) is 0.578. The molecule has 9 heteroatoms. The standard InChI is InChI=1S/C23H23ClN2O6/c1-2-31-22(29)16-5-9-18(10-6-16)25-20(27)14-32-23(30)19-11-12-21(28)26(19)13-15-3-7-17(24)8-4-15/h3-10,19H,2,11-14H2,1H3,(H,25,27). The number of carbonyl (C=O) groups excluding carboxylic acids is 4. The lowest BCUT2D eigenvalue weighted by Gasteiger charge is -2.23. The Labute approximate surface area is 190 Å². The molecule has 1 heterocycles. The second kappa shape index (κ2) is 10.8. The van der Waals surface area contributed by atoms with E-state index >= 15 is 0 Å². The molecule has 1 unspecified atom stereocenters. The van der Waals surface area contributed by atoms with Crippen LogP contribution in [0, 0.1) is 0 Å². The summed E-state index contributed by atoms with van der Waals surface area (Å²) < 4.78 is 10.1. The van der Waals surface area contributed by atoms with Crippen LogP contribution < -0.4 is 5.32 Å². The first-order valence-corrected chi connectivity index (χ1v) is 10.5. The van der Waals surface area contributed by atoms with Crippen LogP contribution in [0.2, 0.25) is 5.02 Å². The Bertz CT molecular complexity index is 991. The Morgan fingerprint density at radius 1 is 1.06 bits per heavy atom. The summed E-state index contributed by atoms with van der Waals surface area (Å²) >= 11 is 5.89. The van der Waals surface area contributed by atoms with Gasteiger partial charge in [-0.15, -0.1) is 0 Å². The molecule has 1 atom stereocenters. The van der Waals surface area contributed by atoms with Crippen molar-refractivity contribution in [1.82, 2.24) is 4.90 Å². The molecule has 3 rings (SSSR count). The number of hydrogen-bond donors (Lipinski definition) is 1. The van der Waals surface area contributed by atoms with Crippen LogP contribution in [0.3, 0.4) is 0 Å². The maximum Gasteiger partial charge on any atom is 0.338 e. The van der Waals surface area contributed by atoms with Crippen molar-refractivity contribution in [1.29, 1.82) is 0 Å². The second-order valence-corrected chi connectivity index (χ2v) is 7.59. The van der Waals surface area contributed by atoms with Gasteiger partial charge in [-0.1, -0.05) is 23.7 Å². The predicted octanol–water partition coefficient (Wildman–Crippen LogP) is 3.19. The zero-order valence-electron chi connectivity index (χ0n) is 17.5. The van der Waals surface area contributed by atoms with Gasteiger partial charge in [-0.3, -0.25) is 9.59 Å². The maximum atomic E-state index is 12.5. The molecule has 2 amide bonds. The number of likely N-dealkylation sites (tertiary alicyclic amines) is 1. The summed E-state index contributed by atoms with van der Waals surface area (Å²) in [6.45, 7) is 1.76. The number of nitrogens with zero attached hydrogens (tertiary/aromatic N) is 1. The fraction of sp³-hybridized carbons (Fsp3) is 0.304. The number of ether oxygens (including phenoxy) is 2. The molecule has 0 aliphatic carbocycles. The third-order valence-corrected chi connectivity index (χ3v) is 5.14. The molecule has 0 radical (unpaired) electrons. The quantitative estimate of drug-likeness (QED) is 0.609. The Kier molecular flexibility index (Phi) is 7.83. The minimum Gasteiger partial charge on any atom is -0.462 e. The van der Waals surface area contributed by atoms with Crippen LogP contribution >= 0.6 is 11.6 Å². The highest BCUT2D eigenvalue weighted by Crippen LogP contribution is 2.23. The average molecular weight is 459 g/mol. The minimum atomic E-state index is -0.741. The van der Waals surface area contributed by atoms with E-state index in [1.165, 1.54) is 17.0 Å². The molecular weight excluding hydrogens is 436 g/mol. The summed E-state index contributed by atoms with van der Waals surface area (Å²) in [5.41, 5.74) is 1.65. The summed E-state index contributed by atoms with van der Waals surface area (Å²) in [5.74, 6) is -1.75. The van der Waals surface area contributed by atoms with Crippen molar-refractivity contribution in [3.05, 3.63) is 64.7 Å². The van der Waals surface area contributed by atoms with Gasteiger partial charge in [0.2, 0.25) is 5.91 Å². The van der Waals surface area contributed by atoms with Gasteiger partial charge < -0.3 is 19.7 Å². The highest BCUT2D eigenvalue weighted by Gasteiger charge is 2.37. The van der Waals surface area contributed by atoms with Crippen LogP contribution in [0.5, 0.6) is 0 Å². The van der Waals surface area contributed by atoms with Crippen LogP contribution in [0.1, 0.15) is 35.7 Å². The predicted molar refractivity (Wildman–Crippen MR) is 117 cm³/mol. The third kappa shape index (κ3) is 6.07. The van der Waals surface area contributed by atoms with Crippen molar-refractivity contribution in [3.63, 3.8) is 0 Å². The lowest BCUT2D eigenvalue weighted by molar-refractivity contribution is -0.154. The molecule has 8 nitrogen and oxygen atoms in total. The smallest absolute Gasteiger partial charge is 0.338 e. The lowest BCUT2D eigenvalue weighted by atomic mass is 10.2. The van der Waals surface area contributed by atoms with Crippen molar-refractivity contribution < 1.29 is 28.7 Å². The zero-order chi connectivity index (χ0) is 23.1. The molecule has 0 bridgehead atoms. The number of anilines is 1. The minimum absolute atomic E-state index is 0.145. The summed E-state index contributed by atoms with van der Waals surface area (Å²) in [7, 11) is 0. The van der Waals surface area contributed by atoms with Gasteiger partial charge in [0.15, 0.2) is 6.61 Å². The molecule has 2 aromatic carbocycles. The lowest BCUT2D eigenvalue weighted by Crippen LogP contribution is -2.40. The van der Waals surface area contributed by atoms with Crippen LogP contribution in [-0.2, 0) is 30.4 Å². The van der Waals surface area contributed by atoms with Gasteiger partial charge in [-0.05, 0) is 55.3 Å². The van der Waals surface area contributed by atoms with E-state index in [0.717, 1.165) is 5.56 Å². The largest absolute Gasteiger partial charge is 0.462 e. The van der Waals surface area contributed by atoms with Crippen LogP contribution in [0.4, 0.5) is 5.69 Å². The van der Waals surface area contributed by atoms with Crippen LogP contribution in [0.15, 0.2) is 48.5 Å². The first-order valence-electron chi connectivity index (χ1n) is 10.1. The Balaban J connectivity index is 1.51. The number of nitrogens with one attached hydrogen (secondary N) is 1. The van der Waals surface area contributed by atoms with E-state index in [0.29, 0.717) is 22.7 Å². The number of amides is 2. The van der Waals surface area contributed by atoms with E-state index in [1.807, 2.05) is 0 Å². The number of esters is 2. The number of rotatable bonds is 8. The van der Waals surface area contributed by atoms with Gasteiger partial charge in [-0.2, -0.15) is 0 Å². The number of carbonyl (C=O) groups is 4. The van der Waals surface area contributed by atoms with Crippen molar-refractivity contribution in [2.75, 3.05) is 18.5 Å². The molecule has 2 aromatic rings. The molecule has 32 heavy (non-hydrogen) atoms. The Morgan fingerprint density at radius 3 is 2.41 bits per heavy atom. The van der Waals surface area contributed by atoms with Crippen molar-refractivity contribution in [2.24, 2.45) is 0 Å². The fourth-order valence-corrected chi connectivity index (χ4v) is 3.42.